The molecule has 0 aromatic carbocycles. The molecule has 0 aromatic rings. The topological polar surface area (TPSA) is 93.7 Å². The quantitative estimate of drug-likeness (QED) is 0.0602. The number of hydrogen-bond donors (Lipinski definition) is 2. The maximum Gasteiger partial charge on any atom is 0.460 e. The van der Waals surface area contributed by atoms with E-state index in [1.54, 1.807) is 6.92 Å². The van der Waals surface area contributed by atoms with Crippen LogP contribution in [0.3, 0.4) is 0 Å². The van der Waals surface area contributed by atoms with Crippen molar-refractivity contribution in [3.05, 3.63) is 0 Å². The molecule has 0 aliphatic rings. The molecule has 0 aliphatic heterocycles. The van der Waals surface area contributed by atoms with Gasteiger partial charge in [-0.05, 0) is 45.1 Å². The molecule has 1 amide bonds. The fraction of sp³-hybridized carbons (Fsp3) is 0.912. The van der Waals surface area contributed by atoms with Crippen LogP contribution in [0.15, 0.2) is 0 Å². The average molecular weight is 973 g/mol. The van der Waals surface area contributed by atoms with Crippen molar-refractivity contribution in [2.24, 2.45) is 17.8 Å². The van der Waals surface area contributed by atoms with Gasteiger partial charge in [0.05, 0.1) is 14.7 Å². The molecule has 0 aliphatic carbocycles. The average Bonchev–Trinajstić information content (AvgIpc) is 3.05. The van der Waals surface area contributed by atoms with Crippen LogP contribution in [-0.2, 0) is 23.9 Å². The van der Waals surface area contributed by atoms with Crippen LogP contribution in [0.4, 0.5) is 87.8 Å². The molecule has 0 spiro atoms. The highest BCUT2D eigenvalue weighted by Crippen LogP contribution is 2.64. The fourth-order valence-electron chi connectivity index (χ4n) is 5.26. The van der Waals surface area contributed by atoms with E-state index >= 15 is 0 Å². The number of carbonyl (C=O) groups is 3. The number of ether oxygens (including phenoxy) is 2. The lowest BCUT2D eigenvalue weighted by atomic mass is 9.88. The highest BCUT2D eigenvalue weighted by molar-refractivity contribution is 6.77. The largest absolute Gasteiger partial charge is 0.464 e. The molecular weight excluding hydrogens is 924 g/mol. The molecule has 0 rings (SSSR count). The van der Waals surface area contributed by atoms with Crippen LogP contribution in [0.2, 0.25) is 25.2 Å². The molecule has 0 radical (unpaired) electrons. The van der Waals surface area contributed by atoms with E-state index in [2.05, 4.69) is 5.32 Å². The van der Waals surface area contributed by atoms with Crippen LogP contribution in [-0.4, -0.2) is 111 Å². The second kappa shape index (κ2) is 19.7. The summed E-state index contributed by atoms with van der Waals surface area (Å²) in [6.45, 7) is 10.9. The number of halogens is 20. The van der Waals surface area contributed by atoms with E-state index in [0.717, 1.165) is 0 Å². The lowest BCUT2D eigenvalue weighted by Crippen LogP contribution is -2.74. The lowest BCUT2D eigenvalue weighted by molar-refractivity contribution is -0.461. The summed E-state index contributed by atoms with van der Waals surface area (Å²) in [6.07, 6.45) is -16.8. The minimum atomic E-state index is -8.73. The molecule has 4 atom stereocenters. The van der Waals surface area contributed by atoms with Gasteiger partial charge in [0.25, 0.3) is 0 Å². The van der Waals surface area contributed by atoms with Crippen LogP contribution in [0.25, 0.3) is 0 Å². The minimum absolute atomic E-state index is 0.297. The highest BCUT2D eigenvalue weighted by atomic mass is 28.3. The SMILES string of the molecule is CC[C@H](C)[C@H](NC[C@H](C(=O)N[C@H](C(=O)OCC[Si](C)(C)CCCC(F)(F)C(F)(F)C(F)(F)C(F)(F)C(F)(F)C(F)(F)C(F)(F)C(F)(F)F)C(C)C)C(F)(F)F)C(=O)OC(C)(C)C. The Bertz CT molecular complexity index is 1510. The van der Waals surface area contributed by atoms with Crippen molar-refractivity contribution in [3.8, 4) is 0 Å². The van der Waals surface area contributed by atoms with Gasteiger partial charge in [-0.3, -0.25) is 9.59 Å². The Morgan fingerprint density at radius 3 is 1.44 bits per heavy atom. The summed E-state index contributed by atoms with van der Waals surface area (Å²) in [4.78, 5) is 38.5. The summed E-state index contributed by atoms with van der Waals surface area (Å²) in [6, 6.07) is -4.12. The normalized spacial score (nSPS) is 16.7. The van der Waals surface area contributed by atoms with Crippen molar-refractivity contribution in [1.29, 1.82) is 0 Å². The summed E-state index contributed by atoms with van der Waals surface area (Å²) < 4.78 is 283. The Labute approximate surface area is 343 Å². The molecule has 0 saturated heterocycles. The molecule has 0 bridgehead atoms. The van der Waals surface area contributed by atoms with Crippen LogP contribution >= 0.6 is 0 Å². The monoisotopic (exact) mass is 972 g/mol. The zero-order chi connectivity index (χ0) is 49.9. The predicted octanol–water partition coefficient (Wildman–Crippen LogP) is 10.7. The smallest absolute Gasteiger partial charge is 0.460 e. The van der Waals surface area contributed by atoms with E-state index in [9.17, 15) is 102 Å². The van der Waals surface area contributed by atoms with E-state index in [1.165, 1.54) is 54.6 Å². The Morgan fingerprint density at radius 1 is 0.613 bits per heavy atom. The Balaban J connectivity index is 5.90. The van der Waals surface area contributed by atoms with Crippen LogP contribution < -0.4 is 10.6 Å². The van der Waals surface area contributed by atoms with Gasteiger partial charge in [0, 0.05) is 13.0 Å². The fourth-order valence-corrected chi connectivity index (χ4v) is 7.29. The van der Waals surface area contributed by atoms with Gasteiger partial charge in [-0.1, -0.05) is 53.3 Å². The number of carbonyl (C=O) groups excluding carboxylic acids is 3. The van der Waals surface area contributed by atoms with Gasteiger partial charge in [0.15, 0.2) is 0 Å². The number of rotatable bonds is 23. The Hall–Kier alpha value is -2.81. The van der Waals surface area contributed by atoms with Crippen molar-refractivity contribution >= 4 is 25.9 Å². The molecule has 0 fully saturated rings. The van der Waals surface area contributed by atoms with Crippen LogP contribution in [0.1, 0.15) is 67.7 Å². The van der Waals surface area contributed by atoms with Gasteiger partial charge in [0.1, 0.15) is 23.6 Å². The molecule has 0 unspecified atom stereocenters. The van der Waals surface area contributed by atoms with Gasteiger partial charge >= 0.3 is 65.7 Å². The first-order valence-electron chi connectivity index (χ1n) is 18.4. The predicted molar refractivity (Wildman–Crippen MR) is 181 cm³/mol. The summed E-state index contributed by atoms with van der Waals surface area (Å²) in [5.41, 5.74) is -1.02. The van der Waals surface area contributed by atoms with Crippen molar-refractivity contribution in [3.63, 3.8) is 0 Å². The Kier molecular flexibility index (Phi) is 18.8. The van der Waals surface area contributed by atoms with E-state index in [1.807, 2.05) is 5.32 Å². The maximum absolute atomic E-state index is 14.4. The molecule has 7 nitrogen and oxygen atoms in total. The van der Waals surface area contributed by atoms with Gasteiger partial charge < -0.3 is 20.1 Å². The number of nitrogens with one attached hydrogen (secondary N) is 2. The van der Waals surface area contributed by atoms with Crippen molar-refractivity contribution in [2.75, 3.05) is 13.2 Å². The van der Waals surface area contributed by atoms with Gasteiger partial charge in [-0.2, -0.15) is 87.8 Å². The number of amides is 1. The Morgan fingerprint density at radius 2 is 1.05 bits per heavy atom. The van der Waals surface area contributed by atoms with E-state index < -0.39 is 147 Å². The minimum Gasteiger partial charge on any atom is -0.464 e. The molecule has 28 heteroatoms. The second-order valence-corrected chi connectivity index (χ2v) is 22.0. The summed E-state index contributed by atoms with van der Waals surface area (Å²) in [7, 11) is -3.18. The third-order valence-electron chi connectivity index (χ3n) is 9.50. The zero-order valence-electron chi connectivity index (χ0n) is 34.4. The van der Waals surface area contributed by atoms with Gasteiger partial charge in [-0.15, -0.1) is 0 Å². The zero-order valence-corrected chi connectivity index (χ0v) is 35.4. The molecular formula is C34H48F20N2O5Si. The first kappa shape index (κ1) is 59.2. The number of hydrogen-bond acceptors (Lipinski definition) is 6. The molecule has 0 heterocycles. The van der Waals surface area contributed by atoms with E-state index in [-0.39, 0.29) is 6.04 Å². The van der Waals surface area contributed by atoms with Crippen molar-refractivity contribution in [1.82, 2.24) is 10.6 Å². The van der Waals surface area contributed by atoms with Crippen LogP contribution in [0, 0.1) is 17.8 Å². The summed E-state index contributed by atoms with van der Waals surface area (Å²) in [5.74, 6) is -65.4. The third kappa shape index (κ3) is 13.1. The third-order valence-corrected chi connectivity index (χ3v) is 12.8. The standard InChI is InChI=1S/C34H48F20N2O5Si/c1-10-18(4)21(24(59)61-25(5,6)7)55-16-19(27(37,38)39)22(57)56-20(17(2)3)23(58)60-13-15-62(8,9)14-11-12-26(35,36)28(40,41)29(42,43)30(44,45)31(46,47)32(48,49)33(50,51)34(52,53)54/h17-21,55H,10-16H2,1-9H3,(H,56,57)/t18-,19+,20-,21-/m0/s1. The van der Waals surface area contributed by atoms with Gasteiger partial charge in [0.2, 0.25) is 5.91 Å². The highest BCUT2D eigenvalue weighted by Gasteiger charge is 2.95. The summed E-state index contributed by atoms with van der Waals surface area (Å²) in [5, 5.41) is 4.29. The van der Waals surface area contributed by atoms with Crippen molar-refractivity contribution < 1.29 is 112 Å². The summed E-state index contributed by atoms with van der Waals surface area (Å²) >= 11 is 0. The molecule has 0 aromatic heterocycles. The number of esters is 2. The van der Waals surface area contributed by atoms with Gasteiger partial charge in [-0.25, -0.2) is 4.79 Å². The molecule has 62 heavy (non-hydrogen) atoms. The first-order valence-corrected chi connectivity index (χ1v) is 21.8. The molecule has 2 N–H and O–H groups in total. The number of alkyl halides is 20. The molecule has 0 saturated carbocycles. The lowest BCUT2D eigenvalue weighted by Gasteiger charge is -2.42. The van der Waals surface area contributed by atoms with E-state index in [4.69, 9.17) is 9.47 Å². The molecule has 368 valence electrons. The van der Waals surface area contributed by atoms with Crippen LogP contribution in [0.5, 0.6) is 0 Å². The maximum atomic E-state index is 14.4. The van der Waals surface area contributed by atoms with E-state index in [0.29, 0.717) is 6.42 Å². The first-order chi connectivity index (χ1) is 27.1. The van der Waals surface area contributed by atoms with Crippen molar-refractivity contribution in [2.45, 2.75) is 164 Å². The second-order valence-electron chi connectivity index (χ2n) is 16.7.